The van der Waals surface area contributed by atoms with Crippen molar-refractivity contribution in [2.45, 2.75) is 62.8 Å². The van der Waals surface area contributed by atoms with Gasteiger partial charge in [-0.2, -0.15) is 0 Å². The molecule has 2 N–H and O–H groups in total. The van der Waals surface area contributed by atoms with Gasteiger partial charge in [0, 0.05) is 5.54 Å². The van der Waals surface area contributed by atoms with Crippen LogP contribution in [0.3, 0.4) is 0 Å². The number of hydrogen-bond donors (Lipinski definition) is 2. The maximum atomic E-state index is 13.0. The van der Waals surface area contributed by atoms with E-state index < -0.39 is 0 Å². The van der Waals surface area contributed by atoms with Crippen LogP contribution in [0.5, 0.6) is 0 Å². The van der Waals surface area contributed by atoms with Gasteiger partial charge in [-0.3, -0.25) is 4.79 Å². The Bertz CT molecular complexity index is 853. The van der Waals surface area contributed by atoms with E-state index >= 15 is 0 Å². The Morgan fingerprint density at radius 3 is 2.59 bits per heavy atom. The molecule has 4 nitrogen and oxygen atoms in total. The molecule has 1 aromatic heterocycles. The highest BCUT2D eigenvalue weighted by Gasteiger charge is 2.51. The third kappa shape index (κ3) is 3.50. The SMILES string of the molecule is O=C(C[NH+]1CCC[C@H](c2nc3ccccc3s2)C1)NC12CC3CC(CC(C3)C1)C2. The first-order chi connectivity index (χ1) is 14.1. The van der Waals surface area contributed by atoms with Gasteiger partial charge in [-0.05, 0) is 81.3 Å². The highest BCUT2D eigenvalue weighted by atomic mass is 32.1. The molecule has 1 amide bonds. The standard InChI is InChI=1S/C24H31N3OS/c28-22(26-24-11-16-8-17(12-24)10-18(9-16)13-24)15-27-7-3-4-19(14-27)23-25-20-5-1-2-6-21(20)29-23/h1-2,5-6,16-19H,3-4,7-15H2,(H,26,28)/p+1/t16?,17?,18?,19-,24?/m0/s1. The molecule has 4 saturated carbocycles. The fraction of sp³-hybridized carbons (Fsp3) is 0.667. The number of nitrogens with one attached hydrogen (secondary N) is 2. The highest BCUT2D eigenvalue weighted by Crippen LogP contribution is 2.55. The number of para-hydroxylation sites is 1. The molecule has 5 aliphatic rings. The minimum absolute atomic E-state index is 0.146. The Morgan fingerprint density at radius 2 is 1.86 bits per heavy atom. The number of aromatic nitrogens is 1. The van der Waals surface area contributed by atoms with Crippen LogP contribution in [-0.2, 0) is 4.79 Å². The molecule has 4 bridgehead atoms. The Labute approximate surface area is 177 Å². The minimum atomic E-state index is 0.146. The van der Waals surface area contributed by atoms with E-state index in [1.54, 1.807) is 0 Å². The number of carbonyl (C=O) groups is 1. The lowest BCUT2D eigenvalue weighted by Gasteiger charge is -2.56. The van der Waals surface area contributed by atoms with Gasteiger partial charge in [-0.25, -0.2) is 4.98 Å². The fourth-order valence-corrected chi connectivity index (χ4v) is 8.52. The zero-order valence-electron chi connectivity index (χ0n) is 17.2. The molecule has 1 aliphatic heterocycles. The number of fused-ring (bicyclic) bond motifs is 1. The summed E-state index contributed by atoms with van der Waals surface area (Å²) < 4.78 is 1.29. The Morgan fingerprint density at radius 1 is 1.14 bits per heavy atom. The first kappa shape index (κ1) is 18.3. The van der Waals surface area contributed by atoms with E-state index in [9.17, 15) is 4.79 Å². The predicted molar refractivity (Wildman–Crippen MR) is 116 cm³/mol. The molecular weight excluding hydrogens is 378 g/mol. The van der Waals surface area contributed by atoms with Gasteiger partial charge >= 0.3 is 0 Å². The molecule has 7 rings (SSSR count). The largest absolute Gasteiger partial charge is 0.346 e. The molecule has 29 heavy (non-hydrogen) atoms. The molecule has 1 aromatic carbocycles. The Hall–Kier alpha value is -1.46. The average molecular weight is 411 g/mol. The molecule has 5 heteroatoms. The third-order valence-corrected chi connectivity index (χ3v) is 9.33. The second-order valence-electron chi connectivity index (χ2n) is 10.5. The zero-order valence-corrected chi connectivity index (χ0v) is 18.0. The van der Waals surface area contributed by atoms with Crippen LogP contribution in [0.25, 0.3) is 10.2 Å². The fourth-order valence-electron chi connectivity index (χ4n) is 7.42. The number of amides is 1. The predicted octanol–water partition coefficient (Wildman–Crippen LogP) is 3.14. The number of quaternary nitrogens is 1. The van der Waals surface area contributed by atoms with E-state index in [0.29, 0.717) is 18.4 Å². The van der Waals surface area contributed by atoms with Gasteiger partial charge in [0.1, 0.15) is 5.01 Å². The molecular formula is C24H32N3OS+. The number of hydrogen-bond acceptors (Lipinski definition) is 3. The van der Waals surface area contributed by atoms with Crippen molar-refractivity contribution in [1.29, 1.82) is 0 Å². The molecule has 1 unspecified atom stereocenters. The number of rotatable bonds is 4. The van der Waals surface area contributed by atoms with Crippen LogP contribution in [0.2, 0.25) is 0 Å². The van der Waals surface area contributed by atoms with Gasteiger partial charge in [0.05, 0.1) is 29.2 Å². The summed E-state index contributed by atoms with van der Waals surface area (Å²) in [6.07, 6.45) is 10.4. The number of thiazole rings is 1. The van der Waals surface area contributed by atoms with Crippen LogP contribution in [0.15, 0.2) is 24.3 Å². The van der Waals surface area contributed by atoms with Crippen LogP contribution in [0.1, 0.15) is 62.3 Å². The molecule has 2 atom stereocenters. The van der Waals surface area contributed by atoms with Crippen molar-refractivity contribution < 1.29 is 9.69 Å². The number of carbonyl (C=O) groups excluding carboxylic acids is 1. The third-order valence-electron chi connectivity index (χ3n) is 8.13. The van der Waals surface area contributed by atoms with E-state index in [0.717, 1.165) is 36.4 Å². The van der Waals surface area contributed by atoms with Crippen molar-refractivity contribution >= 4 is 27.5 Å². The van der Waals surface area contributed by atoms with Crippen LogP contribution >= 0.6 is 11.3 Å². The quantitative estimate of drug-likeness (QED) is 0.813. The Balaban J connectivity index is 1.10. The summed E-state index contributed by atoms with van der Waals surface area (Å²) in [6.45, 7) is 2.81. The summed E-state index contributed by atoms with van der Waals surface area (Å²) in [6, 6.07) is 8.45. The topological polar surface area (TPSA) is 46.4 Å². The van der Waals surface area contributed by atoms with Crippen LogP contribution in [-0.4, -0.2) is 36.1 Å². The van der Waals surface area contributed by atoms with Crippen LogP contribution in [0, 0.1) is 17.8 Å². The summed E-state index contributed by atoms with van der Waals surface area (Å²) in [4.78, 5) is 19.4. The van der Waals surface area contributed by atoms with Crippen molar-refractivity contribution in [1.82, 2.24) is 10.3 Å². The van der Waals surface area contributed by atoms with Crippen molar-refractivity contribution in [2.75, 3.05) is 19.6 Å². The summed E-state index contributed by atoms with van der Waals surface area (Å²) in [5, 5.41) is 4.84. The molecule has 1 saturated heterocycles. The number of nitrogens with zero attached hydrogens (tertiary/aromatic N) is 1. The highest BCUT2D eigenvalue weighted by molar-refractivity contribution is 7.18. The first-order valence-corrected chi connectivity index (χ1v) is 12.5. The van der Waals surface area contributed by atoms with Crippen LogP contribution in [0.4, 0.5) is 0 Å². The van der Waals surface area contributed by atoms with E-state index in [4.69, 9.17) is 4.98 Å². The van der Waals surface area contributed by atoms with Gasteiger partial charge in [0.15, 0.2) is 6.54 Å². The number of benzene rings is 1. The number of piperidine rings is 1. The molecule has 5 fully saturated rings. The lowest BCUT2D eigenvalue weighted by atomic mass is 9.53. The van der Waals surface area contributed by atoms with E-state index in [1.165, 1.54) is 66.0 Å². The van der Waals surface area contributed by atoms with Gasteiger partial charge in [0.25, 0.3) is 5.91 Å². The normalized spacial score (nSPS) is 38.4. The lowest BCUT2D eigenvalue weighted by molar-refractivity contribution is -0.898. The lowest BCUT2D eigenvalue weighted by Crippen LogP contribution is -3.14. The van der Waals surface area contributed by atoms with Gasteiger partial charge in [-0.1, -0.05) is 12.1 Å². The molecule has 4 aliphatic carbocycles. The molecule has 154 valence electrons. The molecule has 0 spiro atoms. The monoisotopic (exact) mass is 410 g/mol. The van der Waals surface area contributed by atoms with Crippen molar-refractivity contribution in [3.8, 4) is 0 Å². The smallest absolute Gasteiger partial charge is 0.275 e. The molecule has 2 aromatic rings. The van der Waals surface area contributed by atoms with E-state index in [-0.39, 0.29) is 5.54 Å². The summed E-state index contributed by atoms with van der Waals surface area (Å²) in [7, 11) is 0. The first-order valence-electron chi connectivity index (χ1n) is 11.6. The summed E-state index contributed by atoms with van der Waals surface area (Å²) in [5.41, 5.74) is 1.27. The van der Waals surface area contributed by atoms with Crippen molar-refractivity contribution in [3.63, 3.8) is 0 Å². The van der Waals surface area contributed by atoms with E-state index in [2.05, 4.69) is 29.6 Å². The Kier molecular flexibility index (Phi) is 4.46. The summed E-state index contributed by atoms with van der Waals surface area (Å²) in [5.74, 6) is 3.45. The summed E-state index contributed by atoms with van der Waals surface area (Å²) >= 11 is 1.84. The second kappa shape index (κ2) is 7.05. The average Bonchev–Trinajstić information content (AvgIpc) is 3.11. The maximum Gasteiger partial charge on any atom is 0.275 e. The van der Waals surface area contributed by atoms with Crippen LogP contribution < -0.4 is 10.2 Å². The maximum absolute atomic E-state index is 13.0. The van der Waals surface area contributed by atoms with Gasteiger partial charge < -0.3 is 10.2 Å². The zero-order chi connectivity index (χ0) is 19.4. The number of likely N-dealkylation sites (tertiary alicyclic amines) is 1. The van der Waals surface area contributed by atoms with Crippen molar-refractivity contribution in [2.24, 2.45) is 17.8 Å². The second-order valence-corrected chi connectivity index (χ2v) is 11.5. The molecule has 2 heterocycles. The minimum Gasteiger partial charge on any atom is -0.346 e. The van der Waals surface area contributed by atoms with Gasteiger partial charge in [0.2, 0.25) is 0 Å². The van der Waals surface area contributed by atoms with E-state index in [1.807, 2.05) is 11.3 Å². The molecule has 0 radical (unpaired) electrons. The van der Waals surface area contributed by atoms with Gasteiger partial charge in [-0.15, -0.1) is 11.3 Å². The van der Waals surface area contributed by atoms with Crippen molar-refractivity contribution in [3.05, 3.63) is 29.3 Å².